The van der Waals surface area contributed by atoms with E-state index in [2.05, 4.69) is 26.1 Å². The largest absolute Gasteiger partial charge is 0.349 e. The first-order chi connectivity index (χ1) is 11.5. The second-order valence-corrected chi connectivity index (χ2v) is 9.58. The third-order valence-electron chi connectivity index (χ3n) is 4.87. The van der Waals surface area contributed by atoms with Crippen molar-refractivity contribution in [3.05, 3.63) is 29.8 Å². The third-order valence-corrected chi connectivity index (χ3v) is 6.27. The van der Waals surface area contributed by atoms with Crippen molar-refractivity contribution < 1.29 is 22.0 Å². The van der Waals surface area contributed by atoms with Gasteiger partial charge in [-0.2, -0.15) is 8.78 Å². The molecule has 1 aromatic rings. The van der Waals surface area contributed by atoms with Crippen LogP contribution in [0, 0.1) is 11.3 Å². The molecule has 1 saturated carbocycles. The Morgan fingerprint density at radius 2 is 1.68 bits per heavy atom. The number of carbonyl (C=O) groups is 1. The van der Waals surface area contributed by atoms with E-state index in [0.717, 1.165) is 37.8 Å². The number of carbonyl (C=O) groups excluding carboxylic acids is 1. The molecule has 1 aliphatic rings. The second kappa shape index (κ2) is 7.40. The SMILES string of the molecule is CC(C)(C)C1CCCCC1NC(=O)c1ccc(S(=O)(=O)C(F)F)cc1. The molecule has 2 rings (SSSR count). The number of nitrogens with one attached hydrogen (secondary N) is 1. The van der Waals surface area contributed by atoms with Crippen LogP contribution in [0.4, 0.5) is 8.78 Å². The molecule has 1 N–H and O–H groups in total. The van der Waals surface area contributed by atoms with Gasteiger partial charge in [-0.15, -0.1) is 0 Å². The Bertz CT molecular complexity index is 709. The van der Waals surface area contributed by atoms with Crippen LogP contribution in [0.5, 0.6) is 0 Å². The minimum Gasteiger partial charge on any atom is -0.349 e. The first-order valence-corrected chi connectivity index (χ1v) is 10.0. The van der Waals surface area contributed by atoms with Gasteiger partial charge < -0.3 is 5.32 Å². The Kier molecular flexibility index (Phi) is 5.86. The van der Waals surface area contributed by atoms with Gasteiger partial charge in [-0.3, -0.25) is 4.79 Å². The zero-order chi connectivity index (χ0) is 18.8. The summed E-state index contributed by atoms with van der Waals surface area (Å²) in [6, 6.07) is 4.72. The highest BCUT2D eigenvalue weighted by molar-refractivity contribution is 7.91. The fourth-order valence-corrected chi connectivity index (χ4v) is 4.21. The Hall–Kier alpha value is -1.50. The van der Waals surface area contributed by atoms with E-state index in [1.165, 1.54) is 12.1 Å². The lowest BCUT2D eigenvalue weighted by molar-refractivity contribution is 0.0830. The van der Waals surface area contributed by atoms with Crippen molar-refractivity contribution in [2.24, 2.45) is 11.3 Å². The molecular formula is C18H25F2NO3S. The van der Waals surface area contributed by atoms with E-state index in [4.69, 9.17) is 0 Å². The quantitative estimate of drug-likeness (QED) is 0.867. The lowest BCUT2D eigenvalue weighted by Crippen LogP contribution is -2.46. The van der Waals surface area contributed by atoms with E-state index < -0.39 is 20.5 Å². The van der Waals surface area contributed by atoms with Gasteiger partial charge in [0.15, 0.2) is 0 Å². The van der Waals surface area contributed by atoms with E-state index in [0.29, 0.717) is 5.92 Å². The number of amides is 1. The highest BCUT2D eigenvalue weighted by Crippen LogP contribution is 2.38. The van der Waals surface area contributed by atoms with E-state index in [9.17, 15) is 22.0 Å². The summed E-state index contributed by atoms with van der Waals surface area (Å²) in [6.45, 7) is 6.48. The third kappa shape index (κ3) is 4.57. The summed E-state index contributed by atoms with van der Waals surface area (Å²) in [5.74, 6) is -3.41. The predicted octanol–water partition coefficient (Wildman–Crippen LogP) is 4.02. The summed E-state index contributed by atoms with van der Waals surface area (Å²) in [4.78, 5) is 12.0. The molecule has 1 aliphatic carbocycles. The molecule has 4 nitrogen and oxygen atoms in total. The Morgan fingerprint density at radius 1 is 1.12 bits per heavy atom. The second-order valence-electron chi connectivity index (χ2n) is 7.67. The molecule has 25 heavy (non-hydrogen) atoms. The van der Waals surface area contributed by atoms with Crippen LogP contribution >= 0.6 is 0 Å². The molecule has 1 amide bonds. The number of rotatable bonds is 4. The normalized spacial score (nSPS) is 22.0. The van der Waals surface area contributed by atoms with E-state index in [1.54, 1.807) is 0 Å². The molecule has 0 aliphatic heterocycles. The maximum Gasteiger partial charge on any atom is 0.341 e. The highest BCUT2D eigenvalue weighted by atomic mass is 32.2. The van der Waals surface area contributed by atoms with E-state index in [1.807, 2.05) is 0 Å². The minimum atomic E-state index is -4.64. The maximum atomic E-state index is 12.6. The molecule has 0 bridgehead atoms. The van der Waals surface area contributed by atoms with Crippen LogP contribution in [0.15, 0.2) is 29.2 Å². The zero-order valence-corrected chi connectivity index (χ0v) is 15.6. The predicted molar refractivity (Wildman–Crippen MR) is 92.3 cm³/mol. The van der Waals surface area contributed by atoms with Crippen LogP contribution in [-0.2, 0) is 9.84 Å². The van der Waals surface area contributed by atoms with Gasteiger partial charge in [-0.1, -0.05) is 33.6 Å². The van der Waals surface area contributed by atoms with Crippen LogP contribution in [0.3, 0.4) is 0 Å². The fourth-order valence-electron chi connectivity index (χ4n) is 3.49. The molecule has 7 heteroatoms. The molecular weight excluding hydrogens is 348 g/mol. The van der Waals surface area contributed by atoms with Gasteiger partial charge in [0.05, 0.1) is 4.90 Å². The van der Waals surface area contributed by atoms with Gasteiger partial charge in [-0.05, 0) is 48.4 Å². The Labute approximate surface area is 147 Å². The van der Waals surface area contributed by atoms with Crippen molar-refractivity contribution >= 4 is 15.7 Å². The summed E-state index contributed by atoms with van der Waals surface area (Å²) in [7, 11) is -4.64. The Morgan fingerprint density at radius 3 is 2.20 bits per heavy atom. The van der Waals surface area contributed by atoms with Crippen LogP contribution < -0.4 is 5.32 Å². The molecule has 1 fully saturated rings. The van der Waals surface area contributed by atoms with Crippen LogP contribution in [0.25, 0.3) is 0 Å². The summed E-state index contributed by atoms with van der Waals surface area (Å²) < 4.78 is 48.0. The number of hydrogen-bond acceptors (Lipinski definition) is 3. The topological polar surface area (TPSA) is 63.2 Å². The monoisotopic (exact) mass is 373 g/mol. The molecule has 0 spiro atoms. The van der Waals surface area contributed by atoms with Crippen LogP contribution in [0.2, 0.25) is 0 Å². The molecule has 0 heterocycles. The smallest absolute Gasteiger partial charge is 0.341 e. The van der Waals surface area contributed by atoms with Gasteiger partial charge in [0, 0.05) is 11.6 Å². The fraction of sp³-hybridized carbons (Fsp3) is 0.611. The maximum absolute atomic E-state index is 12.6. The van der Waals surface area contributed by atoms with Gasteiger partial charge in [0.1, 0.15) is 0 Å². The highest BCUT2D eigenvalue weighted by Gasteiger charge is 2.35. The van der Waals surface area contributed by atoms with Crippen LogP contribution in [-0.4, -0.2) is 26.1 Å². The molecule has 140 valence electrons. The van der Waals surface area contributed by atoms with Crippen LogP contribution in [0.1, 0.15) is 56.8 Å². The summed E-state index contributed by atoms with van der Waals surface area (Å²) in [5, 5.41) is 3.04. The lowest BCUT2D eigenvalue weighted by Gasteiger charge is -2.40. The van der Waals surface area contributed by atoms with Crippen molar-refractivity contribution in [1.29, 1.82) is 0 Å². The summed E-state index contributed by atoms with van der Waals surface area (Å²) in [6.07, 6.45) is 4.17. The average Bonchev–Trinajstić information content (AvgIpc) is 2.54. The van der Waals surface area contributed by atoms with Crippen molar-refractivity contribution in [2.75, 3.05) is 0 Å². The van der Waals surface area contributed by atoms with Crippen molar-refractivity contribution in [2.45, 2.75) is 63.1 Å². The summed E-state index contributed by atoms with van der Waals surface area (Å²) in [5.41, 5.74) is 0.347. The average molecular weight is 373 g/mol. The van der Waals surface area contributed by atoms with Crippen molar-refractivity contribution in [3.63, 3.8) is 0 Å². The van der Waals surface area contributed by atoms with Gasteiger partial charge in [0.2, 0.25) is 9.84 Å². The number of halogens is 2. The van der Waals surface area contributed by atoms with Gasteiger partial charge in [0.25, 0.3) is 5.91 Å². The summed E-state index contributed by atoms with van der Waals surface area (Å²) >= 11 is 0. The van der Waals surface area contributed by atoms with E-state index in [-0.39, 0.29) is 22.9 Å². The number of benzene rings is 1. The molecule has 1 aromatic carbocycles. The molecule has 0 saturated heterocycles. The van der Waals surface area contributed by atoms with Gasteiger partial charge >= 0.3 is 5.76 Å². The Balaban J connectivity index is 2.13. The van der Waals surface area contributed by atoms with Crippen molar-refractivity contribution in [3.8, 4) is 0 Å². The first kappa shape index (κ1) is 19.8. The molecule has 0 radical (unpaired) electrons. The molecule has 0 aromatic heterocycles. The molecule has 2 atom stereocenters. The minimum absolute atomic E-state index is 0.0609. The van der Waals surface area contributed by atoms with Gasteiger partial charge in [-0.25, -0.2) is 8.42 Å². The first-order valence-electron chi connectivity index (χ1n) is 8.46. The molecule has 2 unspecified atom stereocenters. The van der Waals surface area contributed by atoms with E-state index >= 15 is 0 Å². The lowest BCUT2D eigenvalue weighted by atomic mass is 9.69. The standard InChI is InChI=1S/C18H25F2NO3S/c1-18(2,3)14-6-4-5-7-15(14)21-16(22)12-8-10-13(11-9-12)25(23,24)17(19)20/h8-11,14-15,17H,4-7H2,1-3H3,(H,21,22). The van der Waals surface area contributed by atoms with Crippen molar-refractivity contribution in [1.82, 2.24) is 5.32 Å². The number of hydrogen-bond donors (Lipinski definition) is 1. The number of sulfone groups is 1. The number of alkyl halides is 2. The zero-order valence-electron chi connectivity index (χ0n) is 14.8.